The Labute approximate surface area is 94.0 Å². The van der Waals surface area contributed by atoms with Crippen LogP contribution >= 0.6 is 0 Å². The third-order valence-corrected chi connectivity index (χ3v) is 2.51. The van der Waals surface area contributed by atoms with Crippen LogP contribution in [0.1, 0.15) is 29.8 Å². The Morgan fingerprint density at radius 1 is 1.56 bits per heavy atom. The zero-order valence-electron chi connectivity index (χ0n) is 8.93. The van der Waals surface area contributed by atoms with Crippen LogP contribution in [0.25, 0.3) is 0 Å². The molecular formula is C12H14N2O2. The molecule has 1 aromatic heterocycles. The molecule has 1 aliphatic rings. The van der Waals surface area contributed by atoms with Gasteiger partial charge in [-0.3, -0.25) is 4.79 Å². The summed E-state index contributed by atoms with van der Waals surface area (Å²) in [6, 6.07) is 3.28. The van der Waals surface area contributed by atoms with Crippen LogP contribution in [-0.2, 0) is 0 Å². The lowest BCUT2D eigenvalue weighted by atomic mass is 9.96. The van der Waals surface area contributed by atoms with E-state index < -0.39 is 0 Å². The number of hydrogen-bond acceptors (Lipinski definition) is 3. The van der Waals surface area contributed by atoms with Crippen molar-refractivity contribution in [3.63, 3.8) is 0 Å². The lowest BCUT2D eigenvalue weighted by Crippen LogP contribution is -2.18. The quantitative estimate of drug-likeness (QED) is 0.481. The number of amides is 1. The highest BCUT2D eigenvalue weighted by atomic mass is 16.3. The molecule has 0 radical (unpaired) electrons. The maximum atomic E-state index is 11.4. The van der Waals surface area contributed by atoms with Gasteiger partial charge in [-0.2, -0.15) is 5.10 Å². The van der Waals surface area contributed by atoms with Crippen molar-refractivity contribution in [2.75, 3.05) is 0 Å². The van der Waals surface area contributed by atoms with E-state index in [4.69, 9.17) is 4.42 Å². The van der Waals surface area contributed by atoms with Gasteiger partial charge < -0.3 is 4.42 Å². The molecule has 84 valence electrons. The number of carbonyl (C=O) groups excluding carboxylic acids is 1. The second-order valence-corrected chi connectivity index (χ2v) is 3.74. The average molecular weight is 218 g/mol. The van der Waals surface area contributed by atoms with Crippen molar-refractivity contribution >= 4 is 12.1 Å². The summed E-state index contributed by atoms with van der Waals surface area (Å²) in [5.74, 6) is 0.398. The smallest absolute Gasteiger partial charge is 0.307 e. The number of nitrogens with zero attached hydrogens (tertiary/aromatic N) is 1. The first-order chi connectivity index (χ1) is 7.86. The molecule has 1 N–H and O–H groups in total. The van der Waals surface area contributed by atoms with Gasteiger partial charge in [0.05, 0.1) is 6.26 Å². The number of hydrazone groups is 1. The topological polar surface area (TPSA) is 54.6 Å². The third-order valence-electron chi connectivity index (χ3n) is 2.51. The van der Waals surface area contributed by atoms with Gasteiger partial charge in [0.25, 0.3) is 0 Å². The first-order valence-electron chi connectivity index (χ1n) is 5.38. The molecule has 0 saturated heterocycles. The summed E-state index contributed by atoms with van der Waals surface area (Å²) in [5, 5.41) is 3.93. The molecule has 0 spiro atoms. The fourth-order valence-corrected chi connectivity index (χ4v) is 1.62. The molecule has 0 fully saturated rings. The van der Waals surface area contributed by atoms with Crippen LogP contribution < -0.4 is 5.43 Å². The Bertz CT molecular complexity index is 393. The molecule has 0 aliphatic heterocycles. The minimum atomic E-state index is -0.312. The number of hydrogen-bond donors (Lipinski definition) is 1. The lowest BCUT2D eigenvalue weighted by molar-refractivity contribution is 0.0927. The first kappa shape index (κ1) is 10.7. The van der Waals surface area contributed by atoms with Crippen LogP contribution in [0, 0.1) is 5.92 Å². The average Bonchev–Trinajstić information content (AvgIpc) is 2.84. The summed E-state index contributed by atoms with van der Waals surface area (Å²) in [4.78, 5) is 11.4. The molecular weight excluding hydrogens is 204 g/mol. The largest absolute Gasteiger partial charge is 0.459 e. The van der Waals surface area contributed by atoms with Crippen molar-refractivity contribution in [3.05, 3.63) is 36.3 Å². The van der Waals surface area contributed by atoms with Crippen molar-refractivity contribution in [1.29, 1.82) is 0 Å². The molecule has 1 atom stereocenters. The van der Waals surface area contributed by atoms with E-state index in [2.05, 4.69) is 22.7 Å². The highest BCUT2D eigenvalue weighted by Crippen LogP contribution is 2.15. The first-order valence-corrected chi connectivity index (χ1v) is 5.38. The highest BCUT2D eigenvalue weighted by Gasteiger charge is 2.08. The molecule has 0 aromatic carbocycles. The van der Waals surface area contributed by atoms with Gasteiger partial charge in [-0.15, -0.1) is 0 Å². The molecule has 1 aromatic rings. The van der Waals surface area contributed by atoms with E-state index in [9.17, 15) is 4.79 Å². The summed E-state index contributed by atoms with van der Waals surface area (Å²) >= 11 is 0. The molecule has 4 nitrogen and oxygen atoms in total. The van der Waals surface area contributed by atoms with Crippen LogP contribution in [0.15, 0.2) is 40.1 Å². The van der Waals surface area contributed by atoms with Crippen LogP contribution in [0.5, 0.6) is 0 Å². The standard InChI is InChI=1S/C12H14N2O2/c15-12(11-7-4-8-16-11)14-13-9-10-5-2-1-3-6-10/h1-2,4,7-10H,3,5-6H2,(H,14,15)/b13-9+. The van der Waals surface area contributed by atoms with Crippen LogP contribution in [0.3, 0.4) is 0 Å². The molecule has 2 rings (SSSR count). The van der Waals surface area contributed by atoms with Crippen molar-refractivity contribution in [1.82, 2.24) is 5.43 Å². The lowest BCUT2D eigenvalue weighted by Gasteiger charge is -2.11. The molecule has 4 heteroatoms. The number of furan rings is 1. The number of nitrogens with one attached hydrogen (secondary N) is 1. The summed E-state index contributed by atoms with van der Waals surface area (Å²) in [6.07, 6.45) is 10.8. The molecule has 16 heavy (non-hydrogen) atoms. The van der Waals surface area contributed by atoms with Gasteiger partial charge in [-0.25, -0.2) is 5.43 Å². The monoisotopic (exact) mass is 218 g/mol. The number of allylic oxidation sites excluding steroid dienone is 2. The van der Waals surface area contributed by atoms with E-state index in [0.29, 0.717) is 5.92 Å². The van der Waals surface area contributed by atoms with Gasteiger partial charge in [0, 0.05) is 6.21 Å². The van der Waals surface area contributed by atoms with Gasteiger partial charge in [0.1, 0.15) is 0 Å². The highest BCUT2D eigenvalue weighted by molar-refractivity contribution is 5.91. The summed E-state index contributed by atoms with van der Waals surface area (Å²) in [6.45, 7) is 0. The third kappa shape index (κ3) is 2.82. The van der Waals surface area contributed by atoms with Gasteiger partial charge in [-0.1, -0.05) is 12.2 Å². The number of rotatable bonds is 3. The van der Waals surface area contributed by atoms with E-state index in [1.807, 2.05) is 0 Å². The SMILES string of the molecule is O=C(N/N=C/C1CC=CCC1)c1ccco1. The molecule has 1 unspecified atom stereocenters. The van der Waals surface area contributed by atoms with E-state index in [1.165, 1.54) is 6.26 Å². The molecule has 0 bridgehead atoms. The zero-order valence-corrected chi connectivity index (χ0v) is 8.93. The van der Waals surface area contributed by atoms with Crippen LogP contribution in [0.4, 0.5) is 0 Å². The Kier molecular flexibility index (Phi) is 3.53. The van der Waals surface area contributed by atoms with Crippen molar-refractivity contribution in [2.24, 2.45) is 11.0 Å². The van der Waals surface area contributed by atoms with Crippen molar-refractivity contribution in [2.45, 2.75) is 19.3 Å². The number of carbonyl (C=O) groups is 1. The normalized spacial score (nSPS) is 20.1. The molecule has 1 aliphatic carbocycles. The molecule has 0 saturated carbocycles. The summed E-state index contributed by atoms with van der Waals surface area (Å²) in [7, 11) is 0. The minimum Gasteiger partial charge on any atom is -0.459 e. The predicted octanol–water partition coefficient (Wildman–Crippen LogP) is 2.35. The molecule has 1 heterocycles. The van der Waals surface area contributed by atoms with E-state index in [0.717, 1.165) is 19.3 Å². The maximum absolute atomic E-state index is 11.4. The fraction of sp³-hybridized carbons (Fsp3) is 0.333. The second-order valence-electron chi connectivity index (χ2n) is 3.74. The fourth-order valence-electron chi connectivity index (χ4n) is 1.62. The van der Waals surface area contributed by atoms with Crippen LogP contribution in [0.2, 0.25) is 0 Å². The second kappa shape index (κ2) is 5.30. The van der Waals surface area contributed by atoms with Crippen molar-refractivity contribution < 1.29 is 9.21 Å². The molecule has 1 amide bonds. The van der Waals surface area contributed by atoms with Crippen molar-refractivity contribution in [3.8, 4) is 0 Å². The Morgan fingerprint density at radius 2 is 2.50 bits per heavy atom. The van der Waals surface area contributed by atoms with E-state index in [-0.39, 0.29) is 11.7 Å². The Morgan fingerprint density at radius 3 is 3.19 bits per heavy atom. The predicted molar refractivity (Wildman–Crippen MR) is 61.1 cm³/mol. The van der Waals surface area contributed by atoms with E-state index in [1.54, 1.807) is 18.3 Å². The van der Waals surface area contributed by atoms with Crippen LogP contribution in [-0.4, -0.2) is 12.1 Å². The summed E-state index contributed by atoms with van der Waals surface area (Å²) in [5.41, 5.74) is 2.45. The minimum absolute atomic E-state index is 0.278. The Hall–Kier alpha value is -1.84. The summed E-state index contributed by atoms with van der Waals surface area (Å²) < 4.78 is 4.94. The van der Waals surface area contributed by atoms with Gasteiger partial charge >= 0.3 is 5.91 Å². The maximum Gasteiger partial charge on any atom is 0.307 e. The van der Waals surface area contributed by atoms with Gasteiger partial charge in [0.15, 0.2) is 5.76 Å². The van der Waals surface area contributed by atoms with E-state index >= 15 is 0 Å². The van der Waals surface area contributed by atoms with Gasteiger partial charge in [0.2, 0.25) is 0 Å². The zero-order chi connectivity index (χ0) is 11.2. The Balaban J connectivity index is 1.80. The van der Waals surface area contributed by atoms with Gasteiger partial charge in [-0.05, 0) is 37.3 Å².